The Balaban J connectivity index is 2.41. The number of hydrogen-bond donors (Lipinski definition) is 2. The summed E-state index contributed by atoms with van der Waals surface area (Å²) < 4.78 is 11.2. The molecule has 1 atom stereocenters. The van der Waals surface area contributed by atoms with Crippen LogP contribution in [0.15, 0.2) is 45.5 Å². The van der Waals surface area contributed by atoms with Gasteiger partial charge in [0.25, 0.3) is 0 Å². The zero-order chi connectivity index (χ0) is 18.4. The quantitative estimate of drug-likeness (QED) is 0.731. The molecule has 1 aromatic carbocycles. The molecule has 2 aliphatic heterocycles. The summed E-state index contributed by atoms with van der Waals surface area (Å²) in [5.74, 6) is -1.37. The monoisotopic (exact) mass is 403 g/mol. The first kappa shape index (κ1) is 17.0. The molecule has 1 aromatic rings. The van der Waals surface area contributed by atoms with Crippen LogP contribution in [0, 0.1) is 11.3 Å². The van der Waals surface area contributed by atoms with Crippen molar-refractivity contribution in [3.05, 3.63) is 51.0 Å². The van der Waals surface area contributed by atoms with Crippen LogP contribution in [0.2, 0.25) is 0 Å². The van der Waals surface area contributed by atoms with Crippen LogP contribution < -0.4 is 11.1 Å². The Morgan fingerprint density at radius 1 is 1.52 bits per heavy atom. The predicted octanol–water partition coefficient (Wildman–Crippen LogP) is 2.20. The molecule has 0 radical (unpaired) electrons. The lowest BCUT2D eigenvalue weighted by Crippen LogP contribution is -2.45. The number of fused-ring (bicyclic) bond motifs is 2. The molecule has 25 heavy (non-hydrogen) atoms. The van der Waals surface area contributed by atoms with E-state index < -0.39 is 17.3 Å². The minimum Gasteiger partial charge on any atom is -0.462 e. The average molecular weight is 404 g/mol. The molecular weight excluding hydrogens is 390 g/mol. The van der Waals surface area contributed by atoms with Gasteiger partial charge in [-0.25, -0.2) is 4.79 Å². The topological polar surface area (TPSA) is 114 Å². The lowest BCUT2D eigenvalue weighted by molar-refractivity contribution is -0.140. The van der Waals surface area contributed by atoms with Crippen LogP contribution in [0.5, 0.6) is 0 Å². The van der Waals surface area contributed by atoms with E-state index in [1.807, 2.05) is 6.07 Å². The average Bonchev–Trinajstić information content (AvgIpc) is 2.81. The molecule has 0 saturated carbocycles. The summed E-state index contributed by atoms with van der Waals surface area (Å²) in [5.41, 5.74) is 4.93. The number of nitrogens with two attached hydrogens (primary N) is 1. The van der Waals surface area contributed by atoms with Crippen molar-refractivity contribution >= 4 is 33.5 Å². The van der Waals surface area contributed by atoms with Crippen LogP contribution in [0.3, 0.4) is 0 Å². The molecular formula is C17H14BrN3O4. The molecule has 0 unspecified atom stereocenters. The highest BCUT2D eigenvalue weighted by atomic mass is 79.9. The number of esters is 1. The third kappa shape index (κ3) is 2.23. The lowest BCUT2D eigenvalue weighted by Gasteiger charge is -2.33. The Morgan fingerprint density at radius 3 is 2.88 bits per heavy atom. The number of amides is 1. The molecule has 0 aromatic heterocycles. The molecule has 7 nitrogen and oxygen atoms in total. The maximum Gasteiger partial charge on any atom is 0.339 e. The standard InChI is InChI=1S/C17H14BrN3O4/c1-3-24-15(22)13-8(2)25-14(20)11(7-19)17(13)10-6-9(18)4-5-12(10)21-16(17)23/h4-6H,3,20H2,1-2H3,(H,21,23)/t17-/m1/s1. The summed E-state index contributed by atoms with van der Waals surface area (Å²) in [7, 11) is 0. The summed E-state index contributed by atoms with van der Waals surface area (Å²) >= 11 is 3.36. The van der Waals surface area contributed by atoms with E-state index in [0.717, 1.165) is 0 Å². The van der Waals surface area contributed by atoms with Gasteiger partial charge in [-0.05, 0) is 32.0 Å². The van der Waals surface area contributed by atoms with Gasteiger partial charge >= 0.3 is 5.97 Å². The molecule has 0 saturated heterocycles. The molecule has 0 bridgehead atoms. The zero-order valence-electron chi connectivity index (χ0n) is 13.5. The highest BCUT2D eigenvalue weighted by molar-refractivity contribution is 9.10. The predicted molar refractivity (Wildman–Crippen MR) is 91.7 cm³/mol. The Bertz CT molecular complexity index is 913. The minimum absolute atomic E-state index is 0.0468. The third-order valence-electron chi connectivity index (χ3n) is 4.18. The van der Waals surface area contributed by atoms with E-state index in [0.29, 0.717) is 15.7 Å². The number of nitrogens with one attached hydrogen (secondary N) is 1. The van der Waals surface area contributed by atoms with Crippen molar-refractivity contribution < 1.29 is 19.1 Å². The number of ether oxygens (including phenoxy) is 2. The van der Waals surface area contributed by atoms with E-state index in [1.54, 1.807) is 25.1 Å². The first-order chi connectivity index (χ1) is 11.9. The summed E-state index contributed by atoms with van der Waals surface area (Å²) in [6.45, 7) is 3.27. The maximum absolute atomic E-state index is 13.0. The Kier molecular flexibility index (Phi) is 4.05. The van der Waals surface area contributed by atoms with Crippen molar-refractivity contribution in [2.75, 3.05) is 11.9 Å². The lowest BCUT2D eigenvalue weighted by atomic mass is 9.68. The summed E-state index contributed by atoms with van der Waals surface area (Å²) in [4.78, 5) is 25.7. The normalized spacial score (nSPS) is 21.6. The fourth-order valence-corrected chi connectivity index (χ4v) is 3.61. The molecule has 8 heteroatoms. The molecule has 0 fully saturated rings. The molecule has 1 amide bonds. The van der Waals surface area contributed by atoms with E-state index in [-0.39, 0.29) is 29.4 Å². The SMILES string of the molecule is CCOC(=O)C1=C(C)OC(N)=C(C#N)[C@@]12C(=O)Nc1ccc(Br)cc12. The van der Waals surface area contributed by atoms with E-state index in [4.69, 9.17) is 15.2 Å². The third-order valence-corrected chi connectivity index (χ3v) is 4.67. The summed E-state index contributed by atoms with van der Waals surface area (Å²) in [5, 5.41) is 12.4. The smallest absolute Gasteiger partial charge is 0.339 e. The molecule has 0 aliphatic carbocycles. The van der Waals surface area contributed by atoms with Crippen LogP contribution in [0.1, 0.15) is 19.4 Å². The second kappa shape index (κ2) is 5.93. The Labute approximate surface area is 152 Å². The largest absolute Gasteiger partial charge is 0.462 e. The first-order valence-corrected chi connectivity index (χ1v) is 8.25. The van der Waals surface area contributed by atoms with Gasteiger partial charge < -0.3 is 20.5 Å². The van der Waals surface area contributed by atoms with Crippen LogP contribution in [-0.4, -0.2) is 18.5 Å². The van der Waals surface area contributed by atoms with Gasteiger partial charge in [0.1, 0.15) is 23.0 Å². The fraction of sp³-hybridized carbons (Fsp3) is 0.235. The first-order valence-electron chi connectivity index (χ1n) is 7.46. The van der Waals surface area contributed by atoms with Gasteiger partial charge in [-0.15, -0.1) is 0 Å². The molecule has 2 heterocycles. The van der Waals surface area contributed by atoms with E-state index in [2.05, 4.69) is 21.2 Å². The van der Waals surface area contributed by atoms with Crippen molar-refractivity contribution in [2.45, 2.75) is 19.3 Å². The number of benzene rings is 1. The molecule has 2 aliphatic rings. The van der Waals surface area contributed by atoms with Gasteiger partial charge in [-0.2, -0.15) is 5.26 Å². The van der Waals surface area contributed by atoms with Gasteiger partial charge in [-0.1, -0.05) is 15.9 Å². The van der Waals surface area contributed by atoms with E-state index in [9.17, 15) is 14.9 Å². The highest BCUT2D eigenvalue weighted by Crippen LogP contribution is 2.52. The van der Waals surface area contributed by atoms with Gasteiger partial charge in [0, 0.05) is 15.7 Å². The van der Waals surface area contributed by atoms with Gasteiger partial charge in [0.2, 0.25) is 11.8 Å². The summed E-state index contributed by atoms with van der Waals surface area (Å²) in [6, 6.07) is 7.05. The van der Waals surface area contributed by atoms with Crippen molar-refractivity contribution in [3.8, 4) is 6.07 Å². The molecule has 3 N–H and O–H groups in total. The van der Waals surface area contributed by atoms with Crippen LogP contribution >= 0.6 is 15.9 Å². The Hall–Kier alpha value is -2.79. The van der Waals surface area contributed by atoms with Gasteiger partial charge in [0.05, 0.1) is 6.61 Å². The molecule has 128 valence electrons. The number of nitriles is 1. The number of carbonyl (C=O) groups excluding carboxylic acids is 2. The highest BCUT2D eigenvalue weighted by Gasteiger charge is 2.59. The summed E-state index contributed by atoms with van der Waals surface area (Å²) in [6.07, 6.45) is 0. The van der Waals surface area contributed by atoms with E-state index in [1.165, 1.54) is 6.92 Å². The van der Waals surface area contributed by atoms with Gasteiger partial charge in [0.15, 0.2) is 5.41 Å². The zero-order valence-corrected chi connectivity index (χ0v) is 15.1. The molecule has 3 rings (SSSR count). The van der Waals surface area contributed by atoms with E-state index >= 15 is 0 Å². The number of anilines is 1. The fourth-order valence-electron chi connectivity index (χ4n) is 3.25. The second-order valence-electron chi connectivity index (χ2n) is 5.50. The van der Waals surface area contributed by atoms with Crippen LogP contribution in [-0.2, 0) is 24.5 Å². The van der Waals surface area contributed by atoms with Crippen molar-refractivity contribution in [2.24, 2.45) is 5.73 Å². The number of rotatable bonds is 2. The number of halogens is 1. The second-order valence-corrected chi connectivity index (χ2v) is 6.41. The van der Waals surface area contributed by atoms with Crippen molar-refractivity contribution in [1.82, 2.24) is 0 Å². The number of allylic oxidation sites excluding steroid dienone is 1. The van der Waals surface area contributed by atoms with Crippen molar-refractivity contribution in [3.63, 3.8) is 0 Å². The van der Waals surface area contributed by atoms with Gasteiger partial charge in [-0.3, -0.25) is 4.79 Å². The van der Waals surface area contributed by atoms with Crippen LogP contribution in [0.4, 0.5) is 5.69 Å². The number of hydrogen-bond acceptors (Lipinski definition) is 6. The maximum atomic E-state index is 13.0. The van der Waals surface area contributed by atoms with Crippen molar-refractivity contribution in [1.29, 1.82) is 5.26 Å². The molecule has 1 spiro atoms. The Morgan fingerprint density at radius 2 is 2.24 bits per heavy atom. The number of nitrogens with zero attached hydrogens (tertiary/aromatic N) is 1. The minimum atomic E-state index is -1.70. The number of carbonyl (C=O) groups is 2. The van der Waals surface area contributed by atoms with Crippen LogP contribution in [0.25, 0.3) is 0 Å².